The van der Waals surface area contributed by atoms with Crippen LogP contribution in [0.15, 0.2) is 91.0 Å². The van der Waals surface area contributed by atoms with Crippen molar-refractivity contribution in [1.82, 2.24) is 10.6 Å². The van der Waals surface area contributed by atoms with Crippen LogP contribution in [0.3, 0.4) is 0 Å². The van der Waals surface area contributed by atoms with Gasteiger partial charge in [-0.2, -0.15) is 0 Å². The van der Waals surface area contributed by atoms with Gasteiger partial charge >= 0.3 is 5.97 Å². The molecule has 3 aromatic rings. The second-order valence-corrected chi connectivity index (χ2v) is 8.07. The number of hydrogen-bond donors (Lipinski definition) is 2. The van der Waals surface area contributed by atoms with E-state index in [4.69, 9.17) is 4.74 Å². The Morgan fingerprint density at radius 3 is 1.75 bits per heavy atom. The molecule has 3 aromatic carbocycles. The highest BCUT2D eigenvalue weighted by atomic mass is 16.5. The van der Waals surface area contributed by atoms with Crippen LogP contribution in [0.4, 0.5) is 0 Å². The number of rotatable bonds is 9. The van der Waals surface area contributed by atoms with E-state index in [-0.39, 0.29) is 24.0 Å². The van der Waals surface area contributed by atoms with E-state index in [0.717, 1.165) is 23.1 Å². The third-order valence-corrected chi connectivity index (χ3v) is 5.97. The lowest BCUT2D eigenvalue weighted by Gasteiger charge is -2.46. The molecule has 32 heavy (non-hydrogen) atoms. The van der Waals surface area contributed by atoms with Gasteiger partial charge in [-0.15, -0.1) is 0 Å². The molecular formula is C27H28N2O3. The van der Waals surface area contributed by atoms with E-state index < -0.39 is 5.54 Å². The number of hydrogen-bond acceptors (Lipinski definition) is 4. The van der Waals surface area contributed by atoms with Crippen molar-refractivity contribution in [2.24, 2.45) is 0 Å². The molecule has 0 saturated carbocycles. The Balaban J connectivity index is 1.71. The van der Waals surface area contributed by atoms with Gasteiger partial charge < -0.3 is 10.1 Å². The number of benzene rings is 3. The average molecular weight is 429 g/mol. The Hall–Kier alpha value is -3.44. The van der Waals surface area contributed by atoms with E-state index >= 15 is 0 Å². The van der Waals surface area contributed by atoms with Crippen molar-refractivity contribution in [3.05, 3.63) is 108 Å². The summed E-state index contributed by atoms with van der Waals surface area (Å²) >= 11 is 0. The summed E-state index contributed by atoms with van der Waals surface area (Å²) in [6.45, 7) is 1.76. The molecule has 5 heteroatoms. The molecule has 2 N–H and O–H groups in total. The molecule has 0 aliphatic carbocycles. The van der Waals surface area contributed by atoms with Gasteiger partial charge in [0, 0.05) is 6.92 Å². The predicted molar refractivity (Wildman–Crippen MR) is 124 cm³/mol. The number of esters is 1. The summed E-state index contributed by atoms with van der Waals surface area (Å²) in [5, 5.41) is 6.76. The van der Waals surface area contributed by atoms with Gasteiger partial charge in [-0.1, -0.05) is 91.0 Å². The fourth-order valence-electron chi connectivity index (χ4n) is 4.41. The number of carbonyl (C=O) groups excluding carboxylic acids is 2. The minimum atomic E-state index is -0.694. The number of β-lactam (4-membered cyclic amide) rings is 1. The summed E-state index contributed by atoms with van der Waals surface area (Å²) < 4.78 is 5.06. The third kappa shape index (κ3) is 4.43. The zero-order chi connectivity index (χ0) is 22.4. The number of amides is 1. The van der Waals surface area contributed by atoms with Gasteiger partial charge in [-0.05, 0) is 29.5 Å². The second-order valence-electron chi connectivity index (χ2n) is 8.07. The van der Waals surface area contributed by atoms with Crippen molar-refractivity contribution >= 4 is 11.9 Å². The maximum absolute atomic E-state index is 12.7. The fourth-order valence-corrected chi connectivity index (χ4v) is 4.41. The predicted octanol–water partition coefficient (Wildman–Crippen LogP) is 3.78. The topological polar surface area (TPSA) is 67.4 Å². The van der Waals surface area contributed by atoms with E-state index in [0.29, 0.717) is 13.0 Å². The molecule has 0 radical (unpaired) electrons. The Labute approximate surface area is 188 Å². The van der Waals surface area contributed by atoms with E-state index in [1.165, 1.54) is 6.92 Å². The first-order chi connectivity index (χ1) is 15.6. The molecule has 0 aromatic heterocycles. The summed E-state index contributed by atoms with van der Waals surface area (Å²) in [5.41, 5.74) is 2.50. The van der Waals surface area contributed by atoms with Crippen LogP contribution in [0, 0.1) is 0 Å². The van der Waals surface area contributed by atoms with Crippen LogP contribution in [0.25, 0.3) is 0 Å². The van der Waals surface area contributed by atoms with Crippen LogP contribution in [0.1, 0.15) is 36.5 Å². The molecule has 164 valence electrons. The number of carbonyl (C=O) groups is 2. The SMILES string of the molecule is CC(=O)OCCCC1NC(=O)C1NC(c1ccccc1)(c1ccccc1)c1ccccc1. The van der Waals surface area contributed by atoms with Gasteiger partial charge in [0.15, 0.2) is 0 Å². The highest BCUT2D eigenvalue weighted by molar-refractivity contribution is 5.89. The van der Waals surface area contributed by atoms with Crippen LogP contribution in [-0.2, 0) is 19.9 Å². The van der Waals surface area contributed by atoms with Crippen molar-refractivity contribution < 1.29 is 14.3 Å². The normalized spacial score (nSPS) is 17.8. The molecule has 2 unspecified atom stereocenters. The summed E-state index contributed by atoms with van der Waals surface area (Å²) in [6.07, 6.45) is 1.42. The molecular weight excluding hydrogens is 400 g/mol. The first-order valence-electron chi connectivity index (χ1n) is 11.0. The molecule has 1 amide bonds. The molecule has 1 aliphatic heterocycles. The molecule has 4 rings (SSSR count). The molecule has 1 fully saturated rings. The lowest BCUT2D eigenvalue weighted by molar-refractivity contribution is -0.141. The second kappa shape index (κ2) is 9.79. The zero-order valence-corrected chi connectivity index (χ0v) is 18.2. The minimum absolute atomic E-state index is 0.0188. The average Bonchev–Trinajstić information content (AvgIpc) is 2.83. The smallest absolute Gasteiger partial charge is 0.302 e. The molecule has 0 spiro atoms. The molecule has 1 aliphatic rings. The molecule has 2 atom stereocenters. The van der Waals surface area contributed by atoms with Crippen LogP contribution in [0.5, 0.6) is 0 Å². The van der Waals surface area contributed by atoms with Gasteiger partial charge in [0.1, 0.15) is 6.04 Å². The Kier molecular flexibility index (Phi) is 6.66. The van der Waals surface area contributed by atoms with E-state index in [2.05, 4.69) is 47.0 Å². The number of nitrogens with one attached hydrogen (secondary N) is 2. The molecule has 1 heterocycles. The first kappa shape index (κ1) is 21.8. The van der Waals surface area contributed by atoms with E-state index in [9.17, 15) is 9.59 Å². The van der Waals surface area contributed by atoms with Crippen LogP contribution < -0.4 is 10.6 Å². The van der Waals surface area contributed by atoms with Gasteiger partial charge in [0.05, 0.1) is 18.2 Å². The maximum Gasteiger partial charge on any atom is 0.302 e. The summed E-state index contributed by atoms with van der Waals surface area (Å²) in [6, 6.07) is 30.3. The fraction of sp³-hybridized carbons (Fsp3) is 0.259. The third-order valence-electron chi connectivity index (χ3n) is 5.97. The Bertz CT molecular complexity index is 942. The van der Waals surface area contributed by atoms with Gasteiger partial charge in [-0.25, -0.2) is 0 Å². The highest BCUT2D eigenvalue weighted by Crippen LogP contribution is 2.38. The van der Waals surface area contributed by atoms with Crippen molar-refractivity contribution in [1.29, 1.82) is 0 Å². The van der Waals surface area contributed by atoms with E-state index in [1.54, 1.807) is 0 Å². The minimum Gasteiger partial charge on any atom is -0.466 e. The van der Waals surface area contributed by atoms with Gasteiger partial charge in [0.25, 0.3) is 0 Å². The molecule has 5 nitrogen and oxygen atoms in total. The quantitative estimate of drug-likeness (QED) is 0.236. The monoisotopic (exact) mass is 428 g/mol. The van der Waals surface area contributed by atoms with Crippen molar-refractivity contribution in [2.45, 2.75) is 37.4 Å². The van der Waals surface area contributed by atoms with Crippen LogP contribution in [-0.4, -0.2) is 30.6 Å². The Morgan fingerprint density at radius 1 is 0.875 bits per heavy atom. The zero-order valence-electron chi connectivity index (χ0n) is 18.2. The van der Waals surface area contributed by atoms with E-state index in [1.807, 2.05) is 54.6 Å². The maximum atomic E-state index is 12.7. The first-order valence-corrected chi connectivity index (χ1v) is 11.0. The lowest BCUT2D eigenvalue weighted by Crippen LogP contribution is -2.71. The summed E-state index contributed by atoms with van der Waals surface area (Å²) in [5.74, 6) is -0.303. The summed E-state index contributed by atoms with van der Waals surface area (Å²) in [7, 11) is 0. The van der Waals surface area contributed by atoms with Crippen molar-refractivity contribution in [2.75, 3.05) is 6.61 Å². The largest absolute Gasteiger partial charge is 0.466 e. The number of ether oxygens (including phenoxy) is 1. The molecule has 0 bridgehead atoms. The van der Waals surface area contributed by atoms with Crippen molar-refractivity contribution in [3.63, 3.8) is 0 Å². The summed E-state index contributed by atoms with van der Waals surface area (Å²) in [4.78, 5) is 23.7. The van der Waals surface area contributed by atoms with Gasteiger partial charge in [0.2, 0.25) is 5.91 Å². The standard InChI is InChI=1S/C27H28N2O3/c1-20(30)32-19-11-18-24-25(26(31)28-24)29-27(21-12-5-2-6-13-21,22-14-7-3-8-15-22)23-16-9-4-10-17-23/h2-10,12-17,24-25,29H,11,18-19H2,1H3,(H,28,31). The van der Waals surface area contributed by atoms with Crippen LogP contribution in [0.2, 0.25) is 0 Å². The van der Waals surface area contributed by atoms with Gasteiger partial charge in [-0.3, -0.25) is 14.9 Å². The highest BCUT2D eigenvalue weighted by Gasteiger charge is 2.46. The van der Waals surface area contributed by atoms with Crippen LogP contribution >= 0.6 is 0 Å². The lowest BCUT2D eigenvalue weighted by atomic mass is 9.75. The van der Waals surface area contributed by atoms with Crippen molar-refractivity contribution in [3.8, 4) is 0 Å². The molecule has 1 saturated heterocycles. The Morgan fingerprint density at radius 2 is 1.34 bits per heavy atom.